The average molecular weight is 355 g/mol. The van der Waals surface area contributed by atoms with Crippen molar-refractivity contribution in [2.24, 2.45) is 17.8 Å². The predicted molar refractivity (Wildman–Crippen MR) is 86.9 cm³/mol. The highest BCUT2D eigenvalue weighted by Gasteiger charge is 2.32. The van der Waals surface area contributed by atoms with Crippen LogP contribution in [-0.4, -0.2) is 17.2 Å². The summed E-state index contributed by atoms with van der Waals surface area (Å²) in [6, 6.07) is 5.11. The van der Waals surface area contributed by atoms with E-state index in [0.717, 1.165) is 12.2 Å². The van der Waals surface area contributed by atoms with E-state index < -0.39 is 5.97 Å². The van der Waals surface area contributed by atoms with E-state index in [2.05, 4.69) is 36.7 Å². The maximum atomic E-state index is 11.0. The number of benzene rings is 1. The zero-order valence-corrected chi connectivity index (χ0v) is 14.4. The van der Waals surface area contributed by atoms with Crippen LogP contribution in [-0.2, 0) is 0 Å². The van der Waals surface area contributed by atoms with E-state index in [1.807, 2.05) is 0 Å². The summed E-state index contributed by atoms with van der Waals surface area (Å²) >= 11 is 3.31. The lowest BCUT2D eigenvalue weighted by atomic mass is 9.75. The van der Waals surface area contributed by atoms with Crippen molar-refractivity contribution in [3.63, 3.8) is 0 Å². The van der Waals surface area contributed by atoms with Gasteiger partial charge in [-0.15, -0.1) is 0 Å². The number of rotatable bonds is 4. The van der Waals surface area contributed by atoms with E-state index >= 15 is 0 Å². The summed E-state index contributed by atoms with van der Waals surface area (Å²) in [7, 11) is 0. The fraction of sp³-hybridized carbons (Fsp3) is 0.588. The first kappa shape index (κ1) is 16.3. The lowest BCUT2D eigenvalue weighted by Crippen LogP contribution is -2.36. The molecule has 1 N–H and O–H groups in total. The molecule has 0 aromatic heterocycles. The van der Waals surface area contributed by atoms with Gasteiger partial charge in [-0.3, -0.25) is 0 Å². The van der Waals surface area contributed by atoms with E-state index in [4.69, 9.17) is 9.84 Å². The smallest absolute Gasteiger partial charge is 0.336 e. The summed E-state index contributed by atoms with van der Waals surface area (Å²) in [5, 5.41) is 9.06. The van der Waals surface area contributed by atoms with E-state index in [9.17, 15) is 4.79 Å². The fourth-order valence-electron chi connectivity index (χ4n) is 3.17. The standard InChI is InChI=1S/C17H23BrO3/c1-10(2)13-6-4-11(3)8-16(13)21-12-5-7-14(17(19)20)15(18)9-12/h5,7,9-11,13,16H,4,6,8H2,1-3H3,(H,19,20). The number of carboxylic acids is 1. The summed E-state index contributed by atoms with van der Waals surface area (Å²) < 4.78 is 6.76. The Hall–Kier alpha value is -1.03. The molecule has 0 spiro atoms. The Morgan fingerprint density at radius 2 is 2.10 bits per heavy atom. The zero-order chi connectivity index (χ0) is 15.6. The van der Waals surface area contributed by atoms with Crippen LogP contribution in [0.2, 0.25) is 0 Å². The topological polar surface area (TPSA) is 46.5 Å². The minimum absolute atomic E-state index is 0.219. The molecule has 0 amide bonds. The van der Waals surface area contributed by atoms with Gasteiger partial charge in [-0.1, -0.05) is 27.2 Å². The monoisotopic (exact) mass is 354 g/mol. The summed E-state index contributed by atoms with van der Waals surface area (Å²) in [6.07, 6.45) is 3.76. The second-order valence-corrected chi connectivity index (χ2v) is 7.28. The van der Waals surface area contributed by atoms with Crippen molar-refractivity contribution in [2.75, 3.05) is 0 Å². The Balaban J connectivity index is 2.15. The molecule has 0 aliphatic heterocycles. The van der Waals surface area contributed by atoms with Gasteiger partial charge in [0, 0.05) is 4.47 Å². The van der Waals surface area contributed by atoms with Crippen LogP contribution in [0.5, 0.6) is 5.75 Å². The predicted octanol–water partition coefficient (Wildman–Crippen LogP) is 4.99. The number of hydrogen-bond donors (Lipinski definition) is 1. The Kier molecular flexibility index (Phi) is 5.31. The van der Waals surface area contributed by atoms with Crippen LogP contribution in [0.3, 0.4) is 0 Å². The molecule has 1 aromatic carbocycles. The molecule has 0 bridgehead atoms. The first-order valence-electron chi connectivity index (χ1n) is 7.58. The summed E-state index contributed by atoms with van der Waals surface area (Å²) in [5.41, 5.74) is 0.264. The van der Waals surface area contributed by atoms with Crippen LogP contribution in [0.15, 0.2) is 22.7 Å². The Bertz CT molecular complexity index is 513. The van der Waals surface area contributed by atoms with Crippen molar-refractivity contribution in [1.29, 1.82) is 0 Å². The third-order valence-corrected chi connectivity index (χ3v) is 5.08. The lowest BCUT2D eigenvalue weighted by Gasteiger charge is -2.37. The number of halogens is 1. The van der Waals surface area contributed by atoms with Gasteiger partial charge in [-0.2, -0.15) is 0 Å². The quantitative estimate of drug-likeness (QED) is 0.828. The molecule has 0 radical (unpaired) electrons. The molecule has 1 saturated carbocycles. The molecule has 1 aromatic rings. The van der Waals surface area contributed by atoms with Crippen molar-refractivity contribution in [3.05, 3.63) is 28.2 Å². The van der Waals surface area contributed by atoms with Crippen LogP contribution < -0.4 is 4.74 Å². The van der Waals surface area contributed by atoms with Crippen LogP contribution in [0, 0.1) is 17.8 Å². The van der Waals surface area contributed by atoms with Gasteiger partial charge in [0.25, 0.3) is 0 Å². The SMILES string of the molecule is CC1CCC(C(C)C)C(Oc2ccc(C(=O)O)c(Br)c2)C1. The molecule has 0 saturated heterocycles. The van der Waals surface area contributed by atoms with E-state index in [0.29, 0.717) is 22.2 Å². The lowest BCUT2D eigenvalue weighted by molar-refractivity contribution is 0.0459. The van der Waals surface area contributed by atoms with Gasteiger partial charge in [0.1, 0.15) is 11.9 Å². The van der Waals surface area contributed by atoms with Crippen LogP contribution in [0.25, 0.3) is 0 Å². The molecular formula is C17H23BrO3. The Labute approximate surface area is 134 Å². The minimum Gasteiger partial charge on any atom is -0.490 e. The molecule has 116 valence electrons. The first-order valence-corrected chi connectivity index (χ1v) is 8.37. The number of carboxylic acid groups (broad SMARTS) is 1. The fourth-order valence-corrected chi connectivity index (χ4v) is 3.69. The molecule has 0 heterocycles. The van der Waals surface area contributed by atoms with E-state index in [1.54, 1.807) is 18.2 Å². The number of carbonyl (C=O) groups is 1. The minimum atomic E-state index is -0.931. The van der Waals surface area contributed by atoms with Crippen molar-refractivity contribution >= 4 is 21.9 Å². The summed E-state index contributed by atoms with van der Waals surface area (Å²) in [6.45, 7) is 6.78. The Morgan fingerprint density at radius 1 is 1.38 bits per heavy atom. The summed E-state index contributed by atoms with van der Waals surface area (Å²) in [4.78, 5) is 11.0. The van der Waals surface area contributed by atoms with Gasteiger partial charge in [-0.25, -0.2) is 4.79 Å². The number of aromatic carboxylic acids is 1. The third kappa shape index (κ3) is 4.00. The molecular weight excluding hydrogens is 332 g/mol. The van der Waals surface area contributed by atoms with Gasteiger partial charge < -0.3 is 9.84 Å². The van der Waals surface area contributed by atoms with Crippen molar-refractivity contribution in [2.45, 2.75) is 46.1 Å². The Morgan fingerprint density at radius 3 is 2.67 bits per heavy atom. The highest BCUT2D eigenvalue weighted by Crippen LogP contribution is 2.36. The van der Waals surface area contributed by atoms with Crippen LogP contribution >= 0.6 is 15.9 Å². The molecule has 4 heteroatoms. The van der Waals surface area contributed by atoms with Gasteiger partial charge in [0.05, 0.1) is 5.56 Å². The second-order valence-electron chi connectivity index (χ2n) is 6.43. The van der Waals surface area contributed by atoms with Crippen LogP contribution in [0.4, 0.5) is 0 Å². The molecule has 21 heavy (non-hydrogen) atoms. The normalized spacial score (nSPS) is 25.9. The first-order chi connectivity index (χ1) is 9.88. The average Bonchev–Trinajstić information content (AvgIpc) is 2.37. The molecule has 3 nitrogen and oxygen atoms in total. The van der Waals surface area contributed by atoms with Gasteiger partial charge in [0.15, 0.2) is 0 Å². The maximum absolute atomic E-state index is 11.0. The maximum Gasteiger partial charge on any atom is 0.336 e. The zero-order valence-electron chi connectivity index (χ0n) is 12.8. The molecule has 2 rings (SSSR count). The molecule has 3 unspecified atom stereocenters. The van der Waals surface area contributed by atoms with Crippen molar-refractivity contribution in [3.8, 4) is 5.75 Å². The highest BCUT2D eigenvalue weighted by molar-refractivity contribution is 9.10. The second kappa shape index (κ2) is 6.82. The van der Waals surface area contributed by atoms with Crippen molar-refractivity contribution in [1.82, 2.24) is 0 Å². The van der Waals surface area contributed by atoms with Gasteiger partial charge in [-0.05, 0) is 64.7 Å². The molecule has 3 atom stereocenters. The van der Waals surface area contributed by atoms with E-state index in [-0.39, 0.29) is 11.7 Å². The number of ether oxygens (including phenoxy) is 1. The molecule has 1 aliphatic rings. The van der Waals surface area contributed by atoms with E-state index in [1.165, 1.54) is 12.8 Å². The van der Waals surface area contributed by atoms with Crippen molar-refractivity contribution < 1.29 is 14.6 Å². The highest BCUT2D eigenvalue weighted by atomic mass is 79.9. The third-order valence-electron chi connectivity index (χ3n) is 4.42. The molecule has 1 fully saturated rings. The van der Waals surface area contributed by atoms with Crippen LogP contribution in [0.1, 0.15) is 50.4 Å². The van der Waals surface area contributed by atoms with Gasteiger partial charge in [0.2, 0.25) is 0 Å². The molecule has 1 aliphatic carbocycles. The summed E-state index contributed by atoms with van der Waals surface area (Å²) in [5.74, 6) is 1.67. The largest absolute Gasteiger partial charge is 0.490 e. The van der Waals surface area contributed by atoms with Gasteiger partial charge >= 0.3 is 5.97 Å². The number of hydrogen-bond acceptors (Lipinski definition) is 2.